The molecule has 0 saturated carbocycles. The molecule has 23 heavy (non-hydrogen) atoms. The van der Waals surface area contributed by atoms with Gasteiger partial charge in [0, 0.05) is 24.2 Å². The predicted molar refractivity (Wildman–Crippen MR) is 95.0 cm³/mol. The second-order valence-corrected chi connectivity index (χ2v) is 7.11. The lowest BCUT2D eigenvalue weighted by Crippen LogP contribution is -2.23. The molecule has 0 aliphatic rings. The van der Waals surface area contributed by atoms with Crippen LogP contribution in [0, 0.1) is 0 Å². The molecule has 0 spiro atoms. The molecule has 3 aromatic heterocycles. The number of nitrogens with zero attached hydrogens (tertiary/aromatic N) is 3. The van der Waals surface area contributed by atoms with Gasteiger partial charge in [-0.05, 0) is 30.3 Å². The van der Waals surface area contributed by atoms with Crippen molar-refractivity contribution in [2.45, 2.75) is 6.54 Å². The summed E-state index contributed by atoms with van der Waals surface area (Å²) in [5, 5.41) is 0.368. The number of fused-ring (bicyclic) bond motifs is 1. The maximum absolute atomic E-state index is 12.2. The Hall–Kier alpha value is -1.82. The molecule has 0 bridgehead atoms. The quantitative estimate of drug-likeness (QED) is 0.643. The molecule has 7 heteroatoms. The highest BCUT2D eigenvalue weighted by Crippen LogP contribution is 2.23. The lowest BCUT2D eigenvalue weighted by atomic mass is 10.3. The number of likely N-dealkylation sites (N-methyl/N-ethyl adjacent to an activating group) is 1. The normalized spacial score (nSPS) is 11.4. The maximum Gasteiger partial charge on any atom is 0.246 e. The second kappa shape index (κ2) is 6.74. The number of pyridine rings is 1. The van der Waals surface area contributed by atoms with Crippen LogP contribution in [0.1, 0.15) is 10.6 Å². The topological polar surface area (TPSA) is 37.6 Å². The van der Waals surface area contributed by atoms with Gasteiger partial charge in [-0.2, -0.15) is 0 Å². The van der Waals surface area contributed by atoms with Crippen molar-refractivity contribution in [3.63, 3.8) is 0 Å². The minimum absolute atomic E-state index is 0.114. The van der Waals surface area contributed by atoms with Gasteiger partial charge in [0.05, 0.1) is 16.6 Å². The molecule has 0 aliphatic carbocycles. The van der Waals surface area contributed by atoms with E-state index in [0.717, 1.165) is 10.5 Å². The molecule has 3 heterocycles. The van der Waals surface area contributed by atoms with Crippen molar-refractivity contribution < 1.29 is 4.79 Å². The minimum atomic E-state index is -0.114. The molecule has 0 aliphatic heterocycles. The fourth-order valence-electron chi connectivity index (χ4n) is 2.16. The Morgan fingerprint density at radius 2 is 2.17 bits per heavy atom. The maximum atomic E-state index is 12.2. The summed E-state index contributed by atoms with van der Waals surface area (Å²) in [6.07, 6.45) is 5.04. The van der Waals surface area contributed by atoms with Gasteiger partial charge >= 0.3 is 0 Å². The van der Waals surface area contributed by atoms with Crippen LogP contribution in [-0.4, -0.2) is 27.2 Å². The van der Waals surface area contributed by atoms with Crippen LogP contribution in [0.4, 0.5) is 0 Å². The lowest BCUT2D eigenvalue weighted by Gasteiger charge is -2.13. The van der Waals surface area contributed by atoms with E-state index < -0.39 is 0 Å². The SMILES string of the molecule is CN(Cc1ccc(Cl)s1)C(=O)/C=C/c1c(Cl)nc2ccccn12. The van der Waals surface area contributed by atoms with Gasteiger partial charge < -0.3 is 4.90 Å². The third-order valence-corrected chi connectivity index (χ3v) is 4.80. The minimum Gasteiger partial charge on any atom is -0.337 e. The van der Waals surface area contributed by atoms with Crippen LogP contribution in [0.5, 0.6) is 0 Å². The smallest absolute Gasteiger partial charge is 0.246 e. The van der Waals surface area contributed by atoms with E-state index in [0.29, 0.717) is 21.7 Å². The zero-order chi connectivity index (χ0) is 16.4. The van der Waals surface area contributed by atoms with Crippen LogP contribution in [-0.2, 0) is 11.3 Å². The van der Waals surface area contributed by atoms with Gasteiger partial charge in [-0.3, -0.25) is 9.20 Å². The van der Waals surface area contributed by atoms with Gasteiger partial charge in [0.1, 0.15) is 5.65 Å². The number of amides is 1. The summed E-state index contributed by atoms with van der Waals surface area (Å²) >= 11 is 13.5. The van der Waals surface area contributed by atoms with Crippen molar-refractivity contribution in [2.24, 2.45) is 0 Å². The molecule has 3 rings (SSSR count). The van der Waals surface area contributed by atoms with E-state index in [-0.39, 0.29) is 5.91 Å². The summed E-state index contributed by atoms with van der Waals surface area (Å²) in [6, 6.07) is 9.38. The number of rotatable bonds is 4. The van der Waals surface area contributed by atoms with Gasteiger partial charge in [0.25, 0.3) is 0 Å². The Balaban J connectivity index is 1.75. The molecular weight excluding hydrogens is 353 g/mol. The first-order valence-electron chi connectivity index (χ1n) is 6.84. The highest BCUT2D eigenvalue weighted by Gasteiger charge is 2.10. The number of hydrogen-bond donors (Lipinski definition) is 0. The van der Waals surface area contributed by atoms with E-state index in [1.54, 1.807) is 18.0 Å². The standard InChI is InChI=1S/C16H13Cl2N3OS/c1-20(10-11-5-7-13(17)23-11)15(22)8-6-12-16(18)19-14-4-2-3-9-21(12)14/h2-9H,10H2,1H3/b8-6+. The Morgan fingerprint density at radius 3 is 2.91 bits per heavy atom. The van der Waals surface area contributed by atoms with Crippen molar-refractivity contribution in [2.75, 3.05) is 7.05 Å². The Bertz CT molecular complexity index is 884. The molecule has 0 aromatic carbocycles. The van der Waals surface area contributed by atoms with E-state index in [2.05, 4.69) is 4.98 Å². The number of aromatic nitrogens is 2. The Kier molecular flexibility index (Phi) is 4.71. The average molecular weight is 366 g/mol. The van der Waals surface area contributed by atoms with E-state index in [4.69, 9.17) is 23.2 Å². The largest absolute Gasteiger partial charge is 0.337 e. The summed E-state index contributed by atoms with van der Waals surface area (Å²) in [5.41, 5.74) is 1.43. The van der Waals surface area contributed by atoms with Crippen LogP contribution >= 0.6 is 34.5 Å². The first-order valence-corrected chi connectivity index (χ1v) is 8.42. The fourth-order valence-corrected chi connectivity index (χ4v) is 3.54. The highest BCUT2D eigenvalue weighted by molar-refractivity contribution is 7.16. The molecule has 0 N–H and O–H groups in total. The number of thiophene rings is 1. The van der Waals surface area contributed by atoms with Crippen molar-refractivity contribution in [1.82, 2.24) is 14.3 Å². The molecule has 118 valence electrons. The predicted octanol–water partition coefficient (Wildman–Crippen LogP) is 4.37. The fraction of sp³-hybridized carbons (Fsp3) is 0.125. The summed E-state index contributed by atoms with van der Waals surface area (Å²) in [7, 11) is 1.75. The van der Waals surface area contributed by atoms with Gasteiger partial charge in [-0.25, -0.2) is 4.98 Å². The molecule has 0 atom stereocenters. The average Bonchev–Trinajstić information content (AvgIpc) is 3.07. The number of hydrogen-bond acceptors (Lipinski definition) is 3. The van der Waals surface area contributed by atoms with Gasteiger partial charge in [0.15, 0.2) is 5.15 Å². The van der Waals surface area contributed by atoms with Gasteiger partial charge in [-0.15, -0.1) is 11.3 Å². The van der Waals surface area contributed by atoms with Crippen molar-refractivity contribution in [1.29, 1.82) is 0 Å². The third kappa shape index (κ3) is 3.58. The number of halogens is 2. The van der Waals surface area contributed by atoms with E-state index in [1.165, 1.54) is 17.4 Å². The summed E-state index contributed by atoms with van der Waals surface area (Å²) < 4.78 is 2.56. The van der Waals surface area contributed by atoms with Crippen LogP contribution in [0.25, 0.3) is 11.7 Å². The third-order valence-electron chi connectivity index (χ3n) is 3.30. The van der Waals surface area contributed by atoms with Crippen LogP contribution < -0.4 is 0 Å². The number of carbonyl (C=O) groups excluding carboxylic acids is 1. The van der Waals surface area contributed by atoms with E-state index in [9.17, 15) is 4.79 Å². The Morgan fingerprint density at radius 1 is 1.35 bits per heavy atom. The first kappa shape index (κ1) is 16.1. The summed E-state index contributed by atoms with van der Waals surface area (Å²) in [5.74, 6) is -0.114. The van der Waals surface area contributed by atoms with Crippen molar-refractivity contribution in [3.05, 3.63) is 62.7 Å². The molecule has 1 amide bonds. The van der Waals surface area contributed by atoms with Crippen LogP contribution in [0.2, 0.25) is 9.49 Å². The van der Waals surface area contributed by atoms with Crippen molar-refractivity contribution >= 4 is 52.2 Å². The van der Waals surface area contributed by atoms with Gasteiger partial charge in [-0.1, -0.05) is 29.3 Å². The van der Waals surface area contributed by atoms with Crippen LogP contribution in [0.15, 0.2) is 42.6 Å². The second-order valence-electron chi connectivity index (χ2n) is 4.95. The molecule has 3 aromatic rings. The lowest BCUT2D eigenvalue weighted by molar-refractivity contribution is -0.125. The molecule has 0 unspecified atom stereocenters. The number of imidazole rings is 1. The molecule has 0 saturated heterocycles. The zero-order valence-corrected chi connectivity index (χ0v) is 14.6. The van der Waals surface area contributed by atoms with Gasteiger partial charge in [0.2, 0.25) is 5.91 Å². The first-order chi connectivity index (χ1) is 11.0. The highest BCUT2D eigenvalue weighted by atomic mass is 35.5. The molecule has 0 fully saturated rings. The molecular formula is C16H13Cl2N3OS. The molecule has 0 radical (unpaired) electrons. The van der Waals surface area contributed by atoms with Crippen molar-refractivity contribution in [3.8, 4) is 0 Å². The monoisotopic (exact) mass is 365 g/mol. The van der Waals surface area contributed by atoms with Crippen LogP contribution in [0.3, 0.4) is 0 Å². The van der Waals surface area contributed by atoms with E-state index in [1.807, 2.05) is 40.9 Å². The number of carbonyl (C=O) groups is 1. The summed E-state index contributed by atoms with van der Waals surface area (Å²) in [4.78, 5) is 19.1. The zero-order valence-electron chi connectivity index (χ0n) is 12.2. The Labute approximate surface area is 147 Å². The summed E-state index contributed by atoms with van der Waals surface area (Å²) in [6.45, 7) is 0.515. The van der Waals surface area contributed by atoms with E-state index >= 15 is 0 Å². The molecule has 4 nitrogen and oxygen atoms in total.